The highest BCUT2D eigenvalue weighted by molar-refractivity contribution is 5.83. The third-order valence-electron chi connectivity index (χ3n) is 3.18. The molecule has 0 aliphatic heterocycles. The Balaban J connectivity index is 4.07. The van der Waals surface area contributed by atoms with E-state index in [1.807, 2.05) is 0 Å². The van der Waals surface area contributed by atoms with Crippen molar-refractivity contribution in [2.45, 2.75) is 45.1 Å². The number of nitrogens with one attached hydrogen (secondary N) is 1. The Morgan fingerprint density at radius 2 is 2.00 bits per heavy atom. The van der Waals surface area contributed by atoms with Crippen molar-refractivity contribution in [3.8, 4) is 0 Å². The third-order valence-corrected chi connectivity index (χ3v) is 3.18. The van der Waals surface area contributed by atoms with Gasteiger partial charge < -0.3 is 20.9 Å². The van der Waals surface area contributed by atoms with E-state index in [1.54, 1.807) is 0 Å². The molecule has 6 nitrogen and oxygen atoms in total. The molecule has 0 saturated heterocycles. The van der Waals surface area contributed by atoms with E-state index in [0.717, 1.165) is 19.3 Å². The predicted octanol–water partition coefficient (Wildman–Crippen LogP) is 0.748. The van der Waals surface area contributed by atoms with E-state index in [-0.39, 0.29) is 12.3 Å². The summed E-state index contributed by atoms with van der Waals surface area (Å²) in [7, 11) is 1.50. The van der Waals surface area contributed by atoms with Crippen LogP contribution < -0.4 is 11.1 Å². The number of ether oxygens (including phenoxy) is 1. The van der Waals surface area contributed by atoms with Crippen LogP contribution in [0.1, 0.15) is 39.0 Å². The van der Waals surface area contributed by atoms with Gasteiger partial charge in [0.25, 0.3) is 0 Å². The van der Waals surface area contributed by atoms with E-state index in [9.17, 15) is 9.59 Å². The summed E-state index contributed by atoms with van der Waals surface area (Å²) in [6, 6.07) is -0.873. The molecule has 0 saturated carbocycles. The molecule has 19 heavy (non-hydrogen) atoms. The SMILES string of the molecule is CCC(CCN)CCC(=O)NC(CCOC)C(=O)O. The van der Waals surface area contributed by atoms with Crippen LogP contribution in [-0.4, -0.2) is 43.3 Å². The highest BCUT2D eigenvalue weighted by Gasteiger charge is 2.19. The highest BCUT2D eigenvalue weighted by atomic mass is 16.5. The molecule has 0 heterocycles. The van der Waals surface area contributed by atoms with Gasteiger partial charge in [-0.05, 0) is 25.3 Å². The van der Waals surface area contributed by atoms with Gasteiger partial charge in [-0.2, -0.15) is 0 Å². The second kappa shape index (κ2) is 10.8. The van der Waals surface area contributed by atoms with Crippen molar-refractivity contribution < 1.29 is 19.4 Å². The van der Waals surface area contributed by atoms with Gasteiger partial charge in [0.15, 0.2) is 0 Å². The van der Waals surface area contributed by atoms with Crippen LogP contribution in [0.4, 0.5) is 0 Å². The Labute approximate surface area is 114 Å². The lowest BCUT2D eigenvalue weighted by Crippen LogP contribution is -2.41. The molecule has 4 N–H and O–H groups in total. The van der Waals surface area contributed by atoms with Gasteiger partial charge >= 0.3 is 5.97 Å². The Hall–Kier alpha value is -1.14. The normalized spacial score (nSPS) is 13.8. The lowest BCUT2D eigenvalue weighted by atomic mass is 9.96. The summed E-state index contributed by atoms with van der Waals surface area (Å²) in [5, 5.41) is 11.5. The largest absolute Gasteiger partial charge is 0.480 e. The highest BCUT2D eigenvalue weighted by Crippen LogP contribution is 2.14. The second-order valence-electron chi connectivity index (χ2n) is 4.63. The minimum atomic E-state index is -1.03. The number of carboxylic acids is 1. The minimum Gasteiger partial charge on any atom is -0.480 e. The smallest absolute Gasteiger partial charge is 0.326 e. The van der Waals surface area contributed by atoms with Gasteiger partial charge in [-0.25, -0.2) is 4.79 Å². The summed E-state index contributed by atoms with van der Waals surface area (Å²) in [6.45, 7) is 2.99. The van der Waals surface area contributed by atoms with Crippen molar-refractivity contribution in [3.63, 3.8) is 0 Å². The number of aliphatic carboxylic acids is 1. The third kappa shape index (κ3) is 8.56. The standard InChI is InChI=1S/C13H26N2O4/c1-3-10(6-8-14)4-5-12(16)15-11(13(17)18)7-9-19-2/h10-11H,3-9,14H2,1-2H3,(H,15,16)(H,17,18). The quantitative estimate of drug-likeness (QED) is 0.516. The summed E-state index contributed by atoms with van der Waals surface area (Å²) in [4.78, 5) is 22.7. The lowest BCUT2D eigenvalue weighted by molar-refractivity contribution is -0.142. The molecule has 0 bridgehead atoms. The Bertz CT molecular complexity index is 271. The zero-order chi connectivity index (χ0) is 14.7. The van der Waals surface area contributed by atoms with Crippen molar-refractivity contribution >= 4 is 11.9 Å². The molecular weight excluding hydrogens is 248 g/mol. The monoisotopic (exact) mass is 274 g/mol. The molecule has 0 aliphatic carbocycles. The topological polar surface area (TPSA) is 102 Å². The number of hydrogen-bond donors (Lipinski definition) is 3. The maximum Gasteiger partial charge on any atom is 0.326 e. The summed E-state index contributed by atoms with van der Waals surface area (Å²) in [5.41, 5.74) is 5.49. The van der Waals surface area contributed by atoms with Crippen molar-refractivity contribution in [1.29, 1.82) is 0 Å². The van der Waals surface area contributed by atoms with Crippen LogP contribution in [0, 0.1) is 5.92 Å². The van der Waals surface area contributed by atoms with Crippen molar-refractivity contribution in [1.82, 2.24) is 5.32 Å². The molecule has 0 rings (SSSR count). The lowest BCUT2D eigenvalue weighted by Gasteiger charge is -2.16. The number of rotatable bonds is 11. The molecule has 112 valence electrons. The van der Waals surface area contributed by atoms with Crippen molar-refractivity contribution in [3.05, 3.63) is 0 Å². The summed E-state index contributed by atoms with van der Waals surface area (Å²) in [5.74, 6) is -0.823. The fraction of sp³-hybridized carbons (Fsp3) is 0.846. The molecular formula is C13H26N2O4. The van der Waals surface area contributed by atoms with E-state index in [0.29, 0.717) is 25.5 Å². The van der Waals surface area contributed by atoms with E-state index in [1.165, 1.54) is 7.11 Å². The van der Waals surface area contributed by atoms with Crippen LogP contribution in [0.5, 0.6) is 0 Å². The number of nitrogens with two attached hydrogens (primary N) is 1. The summed E-state index contributed by atoms with van der Waals surface area (Å²) < 4.78 is 4.82. The van der Waals surface area contributed by atoms with Crippen LogP contribution in [-0.2, 0) is 14.3 Å². The molecule has 0 aliphatic rings. The molecule has 0 aromatic rings. The first-order chi connectivity index (χ1) is 9.04. The number of methoxy groups -OCH3 is 1. The fourth-order valence-corrected chi connectivity index (χ4v) is 1.88. The minimum absolute atomic E-state index is 0.223. The fourth-order valence-electron chi connectivity index (χ4n) is 1.88. The first kappa shape index (κ1) is 17.9. The Morgan fingerprint density at radius 1 is 1.32 bits per heavy atom. The van der Waals surface area contributed by atoms with Gasteiger partial charge in [-0.3, -0.25) is 4.79 Å². The number of carbonyl (C=O) groups is 2. The van der Waals surface area contributed by atoms with Gasteiger partial charge in [0.2, 0.25) is 5.91 Å². The molecule has 0 fully saturated rings. The molecule has 0 radical (unpaired) electrons. The van der Waals surface area contributed by atoms with Crippen LogP contribution in [0.2, 0.25) is 0 Å². The molecule has 6 heteroatoms. The number of carboxylic acid groups (broad SMARTS) is 1. The zero-order valence-corrected chi connectivity index (χ0v) is 11.9. The molecule has 0 aromatic carbocycles. The molecule has 0 spiro atoms. The first-order valence-corrected chi connectivity index (χ1v) is 6.76. The van der Waals surface area contributed by atoms with E-state index < -0.39 is 12.0 Å². The average Bonchev–Trinajstić information content (AvgIpc) is 2.38. The van der Waals surface area contributed by atoms with Crippen molar-refractivity contribution in [2.24, 2.45) is 11.7 Å². The van der Waals surface area contributed by atoms with Crippen LogP contribution >= 0.6 is 0 Å². The average molecular weight is 274 g/mol. The van der Waals surface area contributed by atoms with Gasteiger partial charge in [-0.15, -0.1) is 0 Å². The van der Waals surface area contributed by atoms with Crippen LogP contribution in [0.15, 0.2) is 0 Å². The predicted molar refractivity (Wildman–Crippen MR) is 72.7 cm³/mol. The van der Waals surface area contributed by atoms with Crippen LogP contribution in [0.25, 0.3) is 0 Å². The van der Waals surface area contributed by atoms with E-state index in [2.05, 4.69) is 12.2 Å². The van der Waals surface area contributed by atoms with Crippen molar-refractivity contribution in [2.75, 3.05) is 20.3 Å². The number of carbonyl (C=O) groups excluding carboxylic acids is 1. The number of hydrogen-bond acceptors (Lipinski definition) is 4. The summed E-state index contributed by atoms with van der Waals surface area (Å²) in [6.07, 6.45) is 3.25. The van der Waals surface area contributed by atoms with Gasteiger partial charge in [-0.1, -0.05) is 13.3 Å². The molecule has 2 atom stereocenters. The first-order valence-electron chi connectivity index (χ1n) is 6.76. The zero-order valence-electron chi connectivity index (χ0n) is 11.9. The van der Waals surface area contributed by atoms with Gasteiger partial charge in [0.05, 0.1) is 0 Å². The maximum atomic E-state index is 11.7. The Morgan fingerprint density at radius 3 is 2.47 bits per heavy atom. The Kier molecular flexibility index (Phi) is 10.1. The van der Waals surface area contributed by atoms with Gasteiger partial charge in [0.1, 0.15) is 6.04 Å². The number of amides is 1. The summed E-state index contributed by atoms with van der Waals surface area (Å²) >= 11 is 0. The second-order valence-corrected chi connectivity index (χ2v) is 4.63. The molecule has 2 unspecified atom stereocenters. The van der Waals surface area contributed by atoms with E-state index >= 15 is 0 Å². The maximum absolute atomic E-state index is 11.7. The molecule has 1 amide bonds. The van der Waals surface area contributed by atoms with Crippen LogP contribution in [0.3, 0.4) is 0 Å². The molecule has 0 aromatic heterocycles. The van der Waals surface area contributed by atoms with E-state index in [4.69, 9.17) is 15.6 Å². The van der Waals surface area contributed by atoms with Gasteiger partial charge in [0, 0.05) is 26.6 Å².